The lowest BCUT2D eigenvalue weighted by Crippen LogP contribution is -2.06. The smallest absolute Gasteiger partial charge is 0.220 e. The summed E-state index contributed by atoms with van der Waals surface area (Å²) in [6, 6.07) is 17.1. The van der Waals surface area contributed by atoms with Crippen LogP contribution in [0.1, 0.15) is 17.2 Å². The number of aliphatic imine (C=N–C) groups is 1. The van der Waals surface area contributed by atoms with E-state index in [0.717, 1.165) is 5.56 Å². The SMILES string of the molecule is Oc1ccccc1C1=NCC(c2ccccc2)O1. The van der Waals surface area contributed by atoms with Crippen molar-refractivity contribution >= 4 is 5.90 Å². The number of aromatic hydroxyl groups is 1. The van der Waals surface area contributed by atoms with E-state index in [2.05, 4.69) is 4.99 Å². The van der Waals surface area contributed by atoms with Crippen molar-refractivity contribution in [2.24, 2.45) is 4.99 Å². The molecule has 2 aromatic rings. The molecule has 0 saturated heterocycles. The maximum atomic E-state index is 9.77. The summed E-state index contributed by atoms with van der Waals surface area (Å²) in [5.41, 5.74) is 1.75. The van der Waals surface area contributed by atoms with E-state index in [1.165, 1.54) is 0 Å². The van der Waals surface area contributed by atoms with Gasteiger partial charge in [0.05, 0.1) is 12.1 Å². The van der Waals surface area contributed by atoms with E-state index in [9.17, 15) is 5.11 Å². The van der Waals surface area contributed by atoms with Crippen molar-refractivity contribution in [3.8, 4) is 5.75 Å². The summed E-state index contributed by atoms with van der Waals surface area (Å²) < 4.78 is 5.80. The first-order chi connectivity index (χ1) is 8.84. The Hall–Kier alpha value is -2.29. The number of phenolic OH excluding ortho intramolecular Hbond substituents is 1. The lowest BCUT2D eigenvalue weighted by Gasteiger charge is -2.11. The second-order valence-electron chi connectivity index (χ2n) is 4.18. The zero-order chi connectivity index (χ0) is 12.4. The number of nitrogens with zero attached hydrogens (tertiary/aromatic N) is 1. The number of hydrogen-bond acceptors (Lipinski definition) is 3. The monoisotopic (exact) mass is 239 g/mol. The first kappa shape index (κ1) is 10.8. The molecule has 3 heteroatoms. The molecule has 1 unspecified atom stereocenters. The molecular formula is C15H13NO2. The molecule has 1 N–H and O–H groups in total. The van der Waals surface area contributed by atoms with Gasteiger partial charge in [-0.25, -0.2) is 4.99 Å². The van der Waals surface area contributed by atoms with E-state index in [-0.39, 0.29) is 11.9 Å². The highest BCUT2D eigenvalue weighted by atomic mass is 16.5. The average Bonchev–Trinajstić information content (AvgIpc) is 2.90. The largest absolute Gasteiger partial charge is 0.507 e. The number of rotatable bonds is 2. The molecule has 0 spiro atoms. The standard InChI is InChI=1S/C15H13NO2/c17-13-9-5-4-8-12(13)15-16-10-14(18-15)11-6-2-1-3-7-11/h1-9,14,17H,10H2. The van der Waals surface area contributed by atoms with Crippen LogP contribution in [-0.2, 0) is 4.74 Å². The van der Waals surface area contributed by atoms with Crippen molar-refractivity contribution in [3.05, 3.63) is 65.7 Å². The van der Waals surface area contributed by atoms with E-state index >= 15 is 0 Å². The van der Waals surface area contributed by atoms with Crippen LogP contribution >= 0.6 is 0 Å². The fraction of sp³-hybridized carbons (Fsp3) is 0.133. The maximum absolute atomic E-state index is 9.77. The van der Waals surface area contributed by atoms with E-state index in [1.54, 1.807) is 12.1 Å². The van der Waals surface area contributed by atoms with Gasteiger partial charge in [-0.2, -0.15) is 0 Å². The predicted octanol–water partition coefficient (Wildman–Crippen LogP) is 2.91. The van der Waals surface area contributed by atoms with Crippen molar-refractivity contribution in [2.75, 3.05) is 6.54 Å². The molecule has 1 atom stereocenters. The fourth-order valence-electron chi connectivity index (χ4n) is 2.02. The van der Waals surface area contributed by atoms with Crippen LogP contribution in [0.15, 0.2) is 59.6 Å². The molecule has 0 fully saturated rings. The number of ether oxygens (including phenoxy) is 1. The first-order valence-corrected chi connectivity index (χ1v) is 5.89. The number of hydrogen-bond donors (Lipinski definition) is 1. The minimum absolute atomic E-state index is 0.0548. The van der Waals surface area contributed by atoms with Crippen LogP contribution in [0.3, 0.4) is 0 Å². The molecular weight excluding hydrogens is 226 g/mol. The van der Waals surface area contributed by atoms with E-state index < -0.39 is 0 Å². The van der Waals surface area contributed by atoms with Gasteiger partial charge in [-0.15, -0.1) is 0 Å². The lowest BCUT2D eigenvalue weighted by atomic mass is 10.1. The lowest BCUT2D eigenvalue weighted by molar-refractivity contribution is 0.230. The topological polar surface area (TPSA) is 41.8 Å². The Labute approximate surface area is 105 Å². The molecule has 1 aliphatic rings. The van der Waals surface area contributed by atoms with Crippen LogP contribution in [0.5, 0.6) is 5.75 Å². The quantitative estimate of drug-likeness (QED) is 0.875. The van der Waals surface area contributed by atoms with Crippen molar-refractivity contribution < 1.29 is 9.84 Å². The predicted molar refractivity (Wildman–Crippen MR) is 69.8 cm³/mol. The minimum atomic E-state index is -0.0548. The van der Waals surface area contributed by atoms with Gasteiger partial charge in [0.2, 0.25) is 5.90 Å². The number of para-hydroxylation sites is 1. The van der Waals surface area contributed by atoms with Gasteiger partial charge < -0.3 is 9.84 Å². The highest BCUT2D eigenvalue weighted by Gasteiger charge is 2.23. The highest BCUT2D eigenvalue weighted by molar-refractivity contribution is 5.97. The Morgan fingerprint density at radius 3 is 2.50 bits per heavy atom. The summed E-state index contributed by atoms with van der Waals surface area (Å²) in [5.74, 6) is 0.715. The zero-order valence-electron chi connectivity index (χ0n) is 9.78. The number of phenols is 1. The van der Waals surface area contributed by atoms with E-state index in [4.69, 9.17) is 4.74 Å². The van der Waals surface area contributed by atoms with Gasteiger partial charge in [-0.05, 0) is 17.7 Å². The first-order valence-electron chi connectivity index (χ1n) is 5.89. The second-order valence-corrected chi connectivity index (χ2v) is 4.18. The minimum Gasteiger partial charge on any atom is -0.507 e. The summed E-state index contributed by atoms with van der Waals surface area (Å²) >= 11 is 0. The summed E-state index contributed by atoms with van der Waals surface area (Å²) in [4.78, 5) is 4.36. The van der Waals surface area contributed by atoms with Crippen LogP contribution in [0, 0.1) is 0 Å². The summed E-state index contributed by atoms with van der Waals surface area (Å²) in [5, 5.41) is 9.77. The van der Waals surface area contributed by atoms with Gasteiger partial charge in [-0.1, -0.05) is 42.5 Å². The Morgan fingerprint density at radius 1 is 1.00 bits per heavy atom. The molecule has 2 aromatic carbocycles. The second kappa shape index (κ2) is 4.53. The van der Waals surface area contributed by atoms with Crippen molar-refractivity contribution in [2.45, 2.75) is 6.10 Å². The molecule has 3 nitrogen and oxygen atoms in total. The van der Waals surface area contributed by atoms with Gasteiger partial charge >= 0.3 is 0 Å². The van der Waals surface area contributed by atoms with Crippen LogP contribution in [0.25, 0.3) is 0 Å². The summed E-state index contributed by atoms with van der Waals surface area (Å²) in [7, 11) is 0. The van der Waals surface area contributed by atoms with Crippen molar-refractivity contribution in [1.29, 1.82) is 0 Å². The zero-order valence-corrected chi connectivity index (χ0v) is 9.78. The van der Waals surface area contributed by atoms with Crippen LogP contribution in [0.2, 0.25) is 0 Å². The summed E-state index contributed by atoms with van der Waals surface area (Å²) in [6.07, 6.45) is -0.0548. The van der Waals surface area contributed by atoms with Crippen LogP contribution in [-0.4, -0.2) is 17.5 Å². The van der Waals surface area contributed by atoms with E-state index in [0.29, 0.717) is 18.0 Å². The molecule has 0 saturated carbocycles. The fourth-order valence-corrected chi connectivity index (χ4v) is 2.02. The molecule has 0 amide bonds. The van der Waals surface area contributed by atoms with Gasteiger partial charge in [0.1, 0.15) is 11.9 Å². The van der Waals surface area contributed by atoms with Gasteiger partial charge in [0, 0.05) is 0 Å². The molecule has 0 radical (unpaired) electrons. The molecule has 0 aliphatic carbocycles. The van der Waals surface area contributed by atoms with Crippen LogP contribution in [0.4, 0.5) is 0 Å². The third kappa shape index (κ3) is 1.95. The Balaban J connectivity index is 1.82. The molecule has 0 aromatic heterocycles. The molecule has 18 heavy (non-hydrogen) atoms. The third-order valence-electron chi connectivity index (χ3n) is 2.96. The van der Waals surface area contributed by atoms with Gasteiger partial charge in [-0.3, -0.25) is 0 Å². The van der Waals surface area contributed by atoms with Gasteiger partial charge in [0.25, 0.3) is 0 Å². The highest BCUT2D eigenvalue weighted by Crippen LogP contribution is 2.27. The van der Waals surface area contributed by atoms with E-state index in [1.807, 2.05) is 42.5 Å². The van der Waals surface area contributed by atoms with Crippen molar-refractivity contribution in [1.82, 2.24) is 0 Å². The van der Waals surface area contributed by atoms with Crippen molar-refractivity contribution in [3.63, 3.8) is 0 Å². The molecule has 0 bridgehead atoms. The Morgan fingerprint density at radius 2 is 1.72 bits per heavy atom. The third-order valence-corrected chi connectivity index (χ3v) is 2.96. The Bertz CT molecular complexity index is 578. The normalized spacial score (nSPS) is 18.2. The molecule has 1 heterocycles. The Kier molecular flexibility index (Phi) is 2.73. The molecule has 1 aliphatic heterocycles. The average molecular weight is 239 g/mol. The maximum Gasteiger partial charge on any atom is 0.220 e. The molecule has 90 valence electrons. The van der Waals surface area contributed by atoms with Crippen LogP contribution < -0.4 is 0 Å². The molecule has 3 rings (SSSR count). The van der Waals surface area contributed by atoms with Gasteiger partial charge in [0.15, 0.2) is 0 Å². The summed E-state index contributed by atoms with van der Waals surface area (Å²) in [6.45, 7) is 0.591. The number of benzene rings is 2.